The van der Waals surface area contributed by atoms with E-state index in [9.17, 15) is 19.2 Å². The van der Waals surface area contributed by atoms with Crippen LogP contribution in [0, 0.1) is 11.3 Å². The van der Waals surface area contributed by atoms with Crippen molar-refractivity contribution in [2.24, 2.45) is 11.3 Å². The van der Waals surface area contributed by atoms with Crippen LogP contribution in [0.25, 0.3) is 0 Å². The zero-order chi connectivity index (χ0) is 27.9. The molecule has 1 aliphatic carbocycles. The van der Waals surface area contributed by atoms with E-state index in [0.29, 0.717) is 12.1 Å². The van der Waals surface area contributed by atoms with Gasteiger partial charge in [-0.1, -0.05) is 81.6 Å². The van der Waals surface area contributed by atoms with Crippen molar-refractivity contribution in [3.63, 3.8) is 0 Å². The van der Waals surface area contributed by atoms with Gasteiger partial charge in [0, 0.05) is 12.1 Å². The van der Waals surface area contributed by atoms with Gasteiger partial charge < -0.3 is 15.5 Å². The lowest BCUT2D eigenvalue weighted by molar-refractivity contribution is -0.142. The number of ketones is 1. The van der Waals surface area contributed by atoms with Gasteiger partial charge in [-0.3, -0.25) is 19.6 Å². The van der Waals surface area contributed by atoms with Crippen LogP contribution in [0.5, 0.6) is 0 Å². The van der Waals surface area contributed by atoms with Gasteiger partial charge in [0.05, 0.1) is 16.3 Å². The molecule has 0 heterocycles. The number of rotatable bonds is 9. The molecule has 0 radical (unpaired) electrons. The first-order valence-corrected chi connectivity index (χ1v) is 13.1. The number of hydrogen-bond acceptors (Lipinski definition) is 5. The summed E-state index contributed by atoms with van der Waals surface area (Å²) in [6.07, 6.45) is 4.02. The van der Waals surface area contributed by atoms with E-state index in [1.807, 2.05) is 0 Å². The average molecular weight is 543 g/mol. The number of halogens is 1. The quantitative estimate of drug-likeness (QED) is 0.209. The molecule has 0 saturated heterocycles. The number of carbonyl (C=O) groups excluding carboxylic acids is 4. The van der Waals surface area contributed by atoms with Crippen LogP contribution < -0.4 is 16.1 Å². The second-order valence-electron chi connectivity index (χ2n) is 10.7. The van der Waals surface area contributed by atoms with Crippen molar-refractivity contribution >= 4 is 40.9 Å². The Labute approximate surface area is 227 Å². The first-order valence-electron chi connectivity index (χ1n) is 12.7. The number of carbonyl (C=O) groups is 4. The van der Waals surface area contributed by atoms with Crippen molar-refractivity contribution in [2.75, 3.05) is 18.4 Å². The van der Waals surface area contributed by atoms with Gasteiger partial charge in [0.2, 0.25) is 5.91 Å². The van der Waals surface area contributed by atoms with Gasteiger partial charge in [-0.25, -0.2) is 10.3 Å². The van der Waals surface area contributed by atoms with E-state index >= 15 is 0 Å². The number of nitrogens with zero attached hydrogens (tertiary/aromatic N) is 1. The molecule has 0 spiro atoms. The van der Waals surface area contributed by atoms with Crippen molar-refractivity contribution in [2.45, 2.75) is 52.5 Å². The molecule has 9 nitrogen and oxygen atoms in total. The highest BCUT2D eigenvalue weighted by molar-refractivity contribution is 6.36. The lowest BCUT2D eigenvalue weighted by atomic mass is 9.85. The summed E-state index contributed by atoms with van der Waals surface area (Å²) in [5, 5.41) is 14.6. The molecule has 4 N–H and O–H groups in total. The molecule has 10 heteroatoms. The smallest absolute Gasteiger partial charge is 0.319 e. The number of urea groups is 1. The number of benzene rings is 2. The van der Waals surface area contributed by atoms with E-state index in [1.165, 1.54) is 4.90 Å². The summed E-state index contributed by atoms with van der Waals surface area (Å²) in [6.45, 7) is 5.44. The third kappa shape index (κ3) is 7.55. The third-order valence-corrected chi connectivity index (χ3v) is 6.95. The van der Waals surface area contributed by atoms with Gasteiger partial charge in [-0.15, -0.1) is 0 Å². The fraction of sp³-hybridized carbons (Fsp3) is 0.429. The summed E-state index contributed by atoms with van der Waals surface area (Å²) >= 11 is 6.36. The molecule has 2 aromatic rings. The SMILES string of the molecule is CC(C)(C)C(NC(=O)Nc1cccc(Cl)c1C(=O)c1ccccc1)C(=O)N(CC(=O)NO)CC1CCCC1. The van der Waals surface area contributed by atoms with E-state index < -0.39 is 29.3 Å². The van der Waals surface area contributed by atoms with Crippen molar-refractivity contribution < 1.29 is 24.4 Å². The van der Waals surface area contributed by atoms with Gasteiger partial charge >= 0.3 is 6.03 Å². The second-order valence-corrected chi connectivity index (χ2v) is 11.1. The minimum atomic E-state index is -0.997. The molecule has 3 rings (SSSR count). The normalized spacial score (nSPS) is 14.4. The first kappa shape index (κ1) is 29.1. The molecule has 2 aromatic carbocycles. The maximum Gasteiger partial charge on any atom is 0.319 e. The highest BCUT2D eigenvalue weighted by atomic mass is 35.5. The first-order chi connectivity index (χ1) is 18.0. The molecular formula is C28H35ClN4O5. The largest absolute Gasteiger partial charge is 0.331 e. The summed E-state index contributed by atoms with van der Waals surface area (Å²) < 4.78 is 0. The van der Waals surface area contributed by atoms with Gasteiger partial charge in [0.15, 0.2) is 5.78 Å². The van der Waals surface area contributed by atoms with Crippen LogP contribution in [0.15, 0.2) is 48.5 Å². The van der Waals surface area contributed by atoms with E-state index in [-0.39, 0.29) is 34.5 Å². The van der Waals surface area contributed by atoms with Crippen LogP contribution in [0.3, 0.4) is 0 Å². The van der Waals surface area contributed by atoms with E-state index in [1.54, 1.807) is 74.8 Å². The van der Waals surface area contributed by atoms with E-state index in [0.717, 1.165) is 25.7 Å². The zero-order valence-electron chi connectivity index (χ0n) is 21.9. The lowest BCUT2D eigenvalue weighted by Crippen LogP contribution is -2.57. The van der Waals surface area contributed by atoms with Crippen molar-refractivity contribution in [1.29, 1.82) is 0 Å². The molecule has 1 unspecified atom stereocenters. The average Bonchev–Trinajstić information content (AvgIpc) is 3.39. The van der Waals surface area contributed by atoms with Crippen molar-refractivity contribution in [3.05, 3.63) is 64.7 Å². The predicted molar refractivity (Wildman–Crippen MR) is 145 cm³/mol. The maximum absolute atomic E-state index is 13.7. The van der Waals surface area contributed by atoms with E-state index in [4.69, 9.17) is 16.8 Å². The summed E-state index contributed by atoms with van der Waals surface area (Å²) in [6, 6.07) is 11.6. The minimum Gasteiger partial charge on any atom is -0.331 e. The Hall–Kier alpha value is -3.43. The Balaban J connectivity index is 1.83. The third-order valence-electron chi connectivity index (χ3n) is 6.64. The number of hydrogen-bond donors (Lipinski definition) is 4. The van der Waals surface area contributed by atoms with Crippen LogP contribution in [0.2, 0.25) is 5.02 Å². The fourth-order valence-corrected chi connectivity index (χ4v) is 4.92. The standard InChI is InChI=1S/C28H35ClN4O5/c1-28(2,3)25(26(36)33(17-22(34)32-38)16-18-10-7-8-11-18)31-27(37)30-21-15-9-14-20(29)23(21)24(35)19-12-5-4-6-13-19/h4-6,9,12-15,18,25,38H,7-8,10-11,16-17H2,1-3H3,(H,32,34)(H2,30,31,37). The van der Waals surface area contributed by atoms with Gasteiger partial charge in [-0.05, 0) is 36.3 Å². The topological polar surface area (TPSA) is 128 Å². The van der Waals surface area contributed by atoms with Crippen LogP contribution in [-0.2, 0) is 9.59 Å². The second kappa shape index (κ2) is 12.9. The molecule has 38 heavy (non-hydrogen) atoms. The highest BCUT2D eigenvalue weighted by Crippen LogP contribution is 2.29. The van der Waals surface area contributed by atoms with Crippen molar-refractivity contribution in [1.82, 2.24) is 15.7 Å². The Morgan fingerprint density at radius 3 is 2.29 bits per heavy atom. The van der Waals surface area contributed by atoms with E-state index in [2.05, 4.69) is 10.6 Å². The van der Waals surface area contributed by atoms with Crippen molar-refractivity contribution in [3.8, 4) is 0 Å². The summed E-state index contributed by atoms with van der Waals surface area (Å²) in [5.41, 5.74) is 1.62. The minimum absolute atomic E-state index is 0.136. The molecule has 1 fully saturated rings. The zero-order valence-corrected chi connectivity index (χ0v) is 22.7. The summed E-state index contributed by atoms with van der Waals surface area (Å²) in [4.78, 5) is 53.4. The molecule has 1 atom stereocenters. The predicted octanol–water partition coefficient (Wildman–Crippen LogP) is 4.63. The summed E-state index contributed by atoms with van der Waals surface area (Å²) in [7, 11) is 0. The molecule has 1 aliphatic rings. The number of nitrogens with one attached hydrogen (secondary N) is 3. The van der Waals surface area contributed by atoms with Gasteiger partial charge in [0.1, 0.15) is 12.6 Å². The van der Waals surface area contributed by atoms with Crippen LogP contribution >= 0.6 is 11.6 Å². The van der Waals surface area contributed by atoms with Crippen LogP contribution in [0.4, 0.5) is 10.5 Å². The number of amides is 4. The van der Waals surface area contributed by atoms with Crippen LogP contribution in [0.1, 0.15) is 62.4 Å². The Morgan fingerprint density at radius 2 is 1.68 bits per heavy atom. The maximum atomic E-state index is 13.7. The molecule has 4 amide bonds. The molecule has 1 saturated carbocycles. The highest BCUT2D eigenvalue weighted by Gasteiger charge is 2.37. The van der Waals surface area contributed by atoms with Gasteiger partial charge in [-0.2, -0.15) is 0 Å². The molecule has 0 aliphatic heterocycles. The number of anilines is 1. The molecule has 0 aromatic heterocycles. The molecular weight excluding hydrogens is 508 g/mol. The summed E-state index contributed by atoms with van der Waals surface area (Å²) in [5.74, 6) is -1.25. The van der Waals surface area contributed by atoms with Gasteiger partial charge in [0.25, 0.3) is 5.91 Å². The Morgan fingerprint density at radius 1 is 1.03 bits per heavy atom. The Kier molecular flexibility index (Phi) is 9.88. The molecule has 0 bridgehead atoms. The molecule has 204 valence electrons. The fourth-order valence-electron chi connectivity index (χ4n) is 4.66. The Bertz CT molecular complexity index is 1160. The number of hydroxylamine groups is 1. The monoisotopic (exact) mass is 542 g/mol. The lowest BCUT2D eigenvalue weighted by Gasteiger charge is -2.35. The van der Waals surface area contributed by atoms with Crippen LogP contribution in [-0.4, -0.2) is 52.9 Å².